The molecule has 24 heavy (non-hydrogen) atoms. The van der Waals surface area contributed by atoms with Gasteiger partial charge in [-0.15, -0.1) is 0 Å². The number of amides is 2. The van der Waals surface area contributed by atoms with Crippen LogP contribution in [0, 0.1) is 6.92 Å². The van der Waals surface area contributed by atoms with E-state index in [0.29, 0.717) is 0 Å². The third-order valence-electron chi connectivity index (χ3n) is 3.93. The van der Waals surface area contributed by atoms with Gasteiger partial charge in [0.2, 0.25) is 11.8 Å². The highest BCUT2D eigenvalue weighted by molar-refractivity contribution is 9.10. The van der Waals surface area contributed by atoms with Crippen LogP contribution in [0.2, 0.25) is 0 Å². The monoisotopic (exact) mass is 388 g/mol. The number of aryl methyl sites for hydroxylation is 1. The Hall–Kier alpha value is -2.14. The van der Waals surface area contributed by atoms with E-state index >= 15 is 0 Å². The van der Waals surface area contributed by atoms with Crippen LogP contribution in [0.3, 0.4) is 0 Å². The summed E-state index contributed by atoms with van der Waals surface area (Å²) < 4.78 is 0.959. The van der Waals surface area contributed by atoms with Crippen LogP contribution >= 0.6 is 15.9 Å². The van der Waals surface area contributed by atoms with Gasteiger partial charge in [-0.1, -0.05) is 46.3 Å². The second kappa shape index (κ2) is 8.11. The first-order valence-electron chi connectivity index (χ1n) is 7.76. The Morgan fingerprint density at radius 1 is 1.17 bits per heavy atom. The predicted octanol–water partition coefficient (Wildman–Crippen LogP) is 4.31. The Bertz CT molecular complexity index is 731. The van der Waals surface area contributed by atoms with E-state index in [1.807, 2.05) is 62.4 Å². The van der Waals surface area contributed by atoms with Gasteiger partial charge in [-0.3, -0.25) is 9.59 Å². The van der Waals surface area contributed by atoms with Crippen LogP contribution in [0.5, 0.6) is 0 Å². The molecular weight excluding hydrogens is 368 g/mol. The van der Waals surface area contributed by atoms with Gasteiger partial charge in [0.05, 0.1) is 6.04 Å². The molecule has 0 aliphatic heterocycles. The number of hydrogen-bond donors (Lipinski definition) is 1. The van der Waals surface area contributed by atoms with E-state index in [-0.39, 0.29) is 24.4 Å². The van der Waals surface area contributed by atoms with Gasteiger partial charge in [-0.25, -0.2) is 0 Å². The standard InChI is InChI=1S/C19H21BrN2O2/c1-13-11-17(20)9-10-18(13)21-19(24)12-22(15(3)23)14(2)16-7-5-4-6-8-16/h4-11,14H,12H2,1-3H3,(H,21,24). The Kier molecular flexibility index (Phi) is 6.15. The summed E-state index contributed by atoms with van der Waals surface area (Å²) in [6, 6.07) is 15.2. The lowest BCUT2D eigenvalue weighted by molar-refractivity contribution is -0.134. The second-order valence-corrected chi connectivity index (χ2v) is 6.66. The largest absolute Gasteiger partial charge is 0.327 e. The zero-order valence-corrected chi connectivity index (χ0v) is 15.6. The van der Waals surface area contributed by atoms with Crippen LogP contribution in [0.1, 0.15) is 31.0 Å². The molecular formula is C19H21BrN2O2. The summed E-state index contributed by atoms with van der Waals surface area (Å²) in [5.74, 6) is -0.340. The SMILES string of the molecule is CC(=O)N(CC(=O)Nc1ccc(Br)cc1C)C(C)c1ccccc1. The molecule has 1 N–H and O–H groups in total. The smallest absolute Gasteiger partial charge is 0.244 e. The Balaban J connectivity index is 2.10. The number of hydrogen-bond acceptors (Lipinski definition) is 2. The van der Waals surface area contributed by atoms with Crippen LogP contribution in [0.25, 0.3) is 0 Å². The maximum absolute atomic E-state index is 12.4. The Morgan fingerprint density at radius 2 is 1.83 bits per heavy atom. The number of rotatable bonds is 5. The molecule has 0 saturated carbocycles. The maximum atomic E-state index is 12.4. The summed E-state index contributed by atoms with van der Waals surface area (Å²) in [7, 11) is 0. The minimum absolute atomic E-state index is 0.0148. The van der Waals surface area contributed by atoms with Crippen molar-refractivity contribution in [2.24, 2.45) is 0 Å². The second-order valence-electron chi connectivity index (χ2n) is 5.74. The van der Waals surface area contributed by atoms with Crippen molar-refractivity contribution in [2.45, 2.75) is 26.8 Å². The minimum Gasteiger partial charge on any atom is -0.327 e. The van der Waals surface area contributed by atoms with Crippen LogP contribution in [0.4, 0.5) is 5.69 Å². The van der Waals surface area contributed by atoms with Gasteiger partial charge < -0.3 is 10.2 Å². The van der Waals surface area contributed by atoms with E-state index < -0.39 is 0 Å². The fourth-order valence-corrected chi connectivity index (χ4v) is 3.02. The van der Waals surface area contributed by atoms with E-state index in [1.54, 1.807) is 4.90 Å². The molecule has 5 heteroatoms. The predicted molar refractivity (Wildman–Crippen MR) is 99.8 cm³/mol. The Labute approximate surface area is 151 Å². The van der Waals surface area contributed by atoms with E-state index in [9.17, 15) is 9.59 Å². The maximum Gasteiger partial charge on any atom is 0.244 e. The van der Waals surface area contributed by atoms with Crippen molar-refractivity contribution in [3.8, 4) is 0 Å². The van der Waals surface area contributed by atoms with E-state index in [1.165, 1.54) is 6.92 Å². The third kappa shape index (κ3) is 4.68. The molecule has 126 valence electrons. The van der Waals surface area contributed by atoms with Crippen LogP contribution in [-0.2, 0) is 9.59 Å². The molecule has 2 rings (SSSR count). The van der Waals surface area contributed by atoms with Gasteiger partial charge in [0.1, 0.15) is 6.54 Å². The summed E-state index contributed by atoms with van der Waals surface area (Å²) in [6.07, 6.45) is 0. The molecule has 0 aliphatic rings. The number of carbonyl (C=O) groups excluding carboxylic acids is 2. The van der Waals surface area contributed by atoms with Crippen LogP contribution in [0.15, 0.2) is 53.0 Å². The van der Waals surface area contributed by atoms with Gasteiger partial charge in [0, 0.05) is 17.1 Å². The van der Waals surface area contributed by atoms with Gasteiger partial charge in [0.25, 0.3) is 0 Å². The molecule has 4 nitrogen and oxygen atoms in total. The molecule has 0 spiro atoms. The van der Waals surface area contributed by atoms with Crippen molar-refractivity contribution in [3.63, 3.8) is 0 Å². The van der Waals surface area contributed by atoms with Crippen molar-refractivity contribution in [2.75, 3.05) is 11.9 Å². The lowest BCUT2D eigenvalue weighted by atomic mass is 10.1. The Morgan fingerprint density at radius 3 is 2.42 bits per heavy atom. The zero-order chi connectivity index (χ0) is 17.7. The summed E-state index contributed by atoms with van der Waals surface area (Å²) in [6.45, 7) is 5.35. The van der Waals surface area contributed by atoms with Gasteiger partial charge in [-0.05, 0) is 43.2 Å². The first kappa shape index (κ1) is 18.2. The zero-order valence-electron chi connectivity index (χ0n) is 14.0. The first-order chi connectivity index (χ1) is 11.4. The number of anilines is 1. The van der Waals surface area contributed by atoms with Crippen molar-refractivity contribution in [3.05, 3.63) is 64.1 Å². The van der Waals surface area contributed by atoms with E-state index in [0.717, 1.165) is 21.3 Å². The summed E-state index contributed by atoms with van der Waals surface area (Å²) in [5, 5.41) is 2.88. The molecule has 1 unspecified atom stereocenters. The number of benzene rings is 2. The number of carbonyl (C=O) groups is 2. The van der Waals surface area contributed by atoms with Crippen molar-refractivity contribution < 1.29 is 9.59 Å². The lowest BCUT2D eigenvalue weighted by Gasteiger charge is -2.28. The van der Waals surface area contributed by atoms with Gasteiger partial charge in [0.15, 0.2) is 0 Å². The molecule has 0 heterocycles. The highest BCUT2D eigenvalue weighted by atomic mass is 79.9. The normalized spacial score (nSPS) is 11.7. The topological polar surface area (TPSA) is 49.4 Å². The number of halogens is 1. The highest BCUT2D eigenvalue weighted by Gasteiger charge is 2.21. The minimum atomic E-state index is -0.210. The molecule has 1 atom stereocenters. The molecule has 2 amide bonds. The summed E-state index contributed by atoms with van der Waals surface area (Å²) in [4.78, 5) is 25.9. The van der Waals surface area contributed by atoms with Crippen molar-refractivity contribution in [1.29, 1.82) is 0 Å². The van der Waals surface area contributed by atoms with Gasteiger partial charge in [-0.2, -0.15) is 0 Å². The quantitative estimate of drug-likeness (QED) is 0.829. The molecule has 0 fully saturated rings. The molecule has 0 bridgehead atoms. The molecule has 0 aromatic heterocycles. The highest BCUT2D eigenvalue weighted by Crippen LogP contribution is 2.22. The van der Waals surface area contributed by atoms with Gasteiger partial charge >= 0.3 is 0 Å². The molecule has 0 aliphatic carbocycles. The van der Waals surface area contributed by atoms with E-state index in [2.05, 4.69) is 21.2 Å². The van der Waals surface area contributed by atoms with E-state index in [4.69, 9.17) is 0 Å². The first-order valence-corrected chi connectivity index (χ1v) is 8.56. The average molecular weight is 389 g/mol. The van der Waals surface area contributed by atoms with Crippen molar-refractivity contribution >= 4 is 33.4 Å². The molecule has 2 aromatic carbocycles. The number of nitrogens with zero attached hydrogens (tertiary/aromatic N) is 1. The number of nitrogens with one attached hydrogen (secondary N) is 1. The van der Waals surface area contributed by atoms with Crippen LogP contribution < -0.4 is 5.32 Å². The third-order valence-corrected chi connectivity index (χ3v) is 4.42. The fraction of sp³-hybridized carbons (Fsp3) is 0.263. The summed E-state index contributed by atoms with van der Waals surface area (Å²) in [5.41, 5.74) is 2.71. The fourth-order valence-electron chi connectivity index (χ4n) is 2.54. The molecule has 2 aromatic rings. The summed E-state index contributed by atoms with van der Waals surface area (Å²) >= 11 is 3.40. The molecule has 0 saturated heterocycles. The van der Waals surface area contributed by atoms with Crippen molar-refractivity contribution in [1.82, 2.24) is 4.90 Å². The lowest BCUT2D eigenvalue weighted by Crippen LogP contribution is -2.38. The average Bonchev–Trinajstić information content (AvgIpc) is 2.55. The van der Waals surface area contributed by atoms with Crippen LogP contribution in [-0.4, -0.2) is 23.3 Å². The molecule has 0 radical (unpaired) electrons.